The number of morpholine rings is 1. The number of nitrogen functional groups attached to an aromatic ring is 1. The van der Waals surface area contributed by atoms with E-state index in [1.807, 2.05) is 6.20 Å². The van der Waals surface area contributed by atoms with Gasteiger partial charge in [0.25, 0.3) is 0 Å². The van der Waals surface area contributed by atoms with E-state index in [1.54, 1.807) is 11.3 Å². The molecule has 1 aromatic heterocycles. The Bertz CT molecular complexity index is 408. The molecule has 1 aliphatic heterocycles. The lowest BCUT2D eigenvalue weighted by atomic mass is 10.3. The normalized spacial score (nSPS) is 24.7. The maximum absolute atomic E-state index is 5.75. The Morgan fingerprint density at radius 2 is 2.37 bits per heavy atom. The molecule has 1 unspecified atom stereocenters. The molecule has 2 N–H and O–H groups in total. The predicted octanol–water partition coefficient (Wildman–Crippen LogP) is 1.35. The van der Waals surface area contributed by atoms with E-state index < -0.39 is 0 Å². The van der Waals surface area contributed by atoms with Crippen molar-refractivity contribution in [3.05, 3.63) is 11.1 Å². The number of anilines is 1. The van der Waals surface area contributed by atoms with Crippen molar-refractivity contribution in [2.45, 2.75) is 25.5 Å². The summed E-state index contributed by atoms with van der Waals surface area (Å²) in [4.78, 5) is 7.70. The first-order valence-electron chi connectivity index (χ1n) is 6.91. The quantitative estimate of drug-likeness (QED) is 0.854. The topological polar surface area (TPSA) is 60.6 Å². The molecular formula is C13H21N3O2S. The smallest absolute Gasteiger partial charge is 0.180 e. The molecule has 1 saturated heterocycles. The molecule has 1 aromatic rings. The molecule has 1 saturated carbocycles. The molecule has 19 heavy (non-hydrogen) atoms. The summed E-state index contributed by atoms with van der Waals surface area (Å²) in [5.41, 5.74) is 5.66. The zero-order chi connectivity index (χ0) is 13.1. The van der Waals surface area contributed by atoms with Gasteiger partial charge in [0.15, 0.2) is 5.13 Å². The van der Waals surface area contributed by atoms with E-state index in [1.165, 1.54) is 17.7 Å². The molecule has 0 radical (unpaired) electrons. The average molecular weight is 283 g/mol. The molecule has 0 amide bonds. The second kappa shape index (κ2) is 6.17. The number of rotatable bonds is 6. The summed E-state index contributed by atoms with van der Waals surface area (Å²) >= 11 is 1.57. The molecule has 106 valence electrons. The lowest BCUT2D eigenvalue weighted by Crippen LogP contribution is -2.43. The fraction of sp³-hybridized carbons (Fsp3) is 0.769. The highest BCUT2D eigenvalue weighted by Gasteiger charge is 2.24. The molecule has 0 aromatic carbocycles. The summed E-state index contributed by atoms with van der Waals surface area (Å²) in [7, 11) is 0. The SMILES string of the molecule is Nc1ncc(CN2CCOC(COCC3CC3)C2)s1. The van der Waals surface area contributed by atoms with Crippen molar-refractivity contribution in [1.29, 1.82) is 0 Å². The van der Waals surface area contributed by atoms with Crippen LogP contribution in [0, 0.1) is 5.92 Å². The zero-order valence-corrected chi connectivity index (χ0v) is 11.9. The van der Waals surface area contributed by atoms with Gasteiger partial charge in [0, 0.05) is 37.3 Å². The van der Waals surface area contributed by atoms with Crippen LogP contribution >= 0.6 is 11.3 Å². The van der Waals surface area contributed by atoms with E-state index in [-0.39, 0.29) is 6.10 Å². The molecular weight excluding hydrogens is 262 g/mol. The fourth-order valence-electron chi connectivity index (χ4n) is 2.29. The highest BCUT2D eigenvalue weighted by atomic mass is 32.1. The van der Waals surface area contributed by atoms with Gasteiger partial charge >= 0.3 is 0 Å². The molecule has 0 bridgehead atoms. The van der Waals surface area contributed by atoms with E-state index in [0.717, 1.165) is 45.4 Å². The van der Waals surface area contributed by atoms with E-state index >= 15 is 0 Å². The van der Waals surface area contributed by atoms with Crippen molar-refractivity contribution in [1.82, 2.24) is 9.88 Å². The first-order valence-corrected chi connectivity index (χ1v) is 7.73. The highest BCUT2D eigenvalue weighted by Crippen LogP contribution is 2.28. The molecule has 0 spiro atoms. The third kappa shape index (κ3) is 4.14. The number of hydrogen-bond donors (Lipinski definition) is 1. The number of aromatic nitrogens is 1. The van der Waals surface area contributed by atoms with Gasteiger partial charge in [0.2, 0.25) is 0 Å². The van der Waals surface area contributed by atoms with Gasteiger partial charge in [-0.05, 0) is 18.8 Å². The highest BCUT2D eigenvalue weighted by molar-refractivity contribution is 7.15. The molecule has 1 atom stereocenters. The van der Waals surface area contributed by atoms with Crippen molar-refractivity contribution in [2.24, 2.45) is 5.92 Å². The Hall–Kier alpha value is -0.690. The van der Waals surface area contributed by atoms with Crippen molar-refractivity contribution in [3.8, 4) is 0 Å². The van der Waals surface area contributed by atoms with Crippen LogP contribution < -0.4 is 5.73 Å². The number of thiazole rings is 1. The molecule has 5 nitrogen and oxygen atoms in total. The molecule has 6 heteroatoms. The maximum Gasteiger partial charge on any atom is 0.180 e. The second-order valence-corrected chi connectivity index (χ2v) is 6.52. The summed E-state index contributed by atoms with van der Waals surface area (Å²) in [6, 6.07) is 0. The average Bonchev–Trinajstić information content (AvgIpc) is 3.13. The van der Waals surface area contributed by atoms with Gasteiger partial charge in [0.05, 0.1) is 19.3 Å². The van der Waals surface area contributed by atoms with Crippen molar-refractivity contribution in [3.63, 3.8) is 0 Å². The second-order valence-electron chi connectivity index (χ2n) is 5.37. The van der Waals surface area contributed by atoms with Crippen LogP contribution in [0.2, 0.25) is 0 Å². The minimum absolute atomic E-state index is 0.206. The Kier molecular flexibility index (Phi) is 4.32. The minimum Gasteiger partial charge on any atom is -0.378 e. The summed E-state index contributed by atoms with van der Waals surface area (Å²) in [5.74, 6) is 0.819. The number of hydrogen-bond acceptors (Lipinski definition) is 6. The van der Waals surface area contributed by atoms with Crippen LogP contribution in [0.15, 0.2) is 6.20 Å². The van der Waals surface area contributed by atoms with Crippen LogP contribution in [0.25, 0.3) is 0 Å². The van der Waals surface area contributed by atoms with Gasteiger partial charge in [-0.15, -0.1) is 11.3 Å². The van der Waals surface area contributed by atoms with E-state index in [4.69, 9.17) is 15.2 Å². The third-order valence-corrected chi connectivity index (χ3v) is 4.34. The van der Waals surface area contributed by atoms with Crippen LogP contribution in [-0.4, -0.2) is 48.9 Å². The van der Waals surface area contributed by atoms with Gasteiger partial charge in [-0.25, -0.2) is 4.98 Å². The zero-order valence-electron chi connectivity index (χ0n) is 11.1. The molecule has 2 heterocycles. The Morgan fingerprint density at radius 3 is 3.11 bits per heavy atom. The predicted molar refractivity (Wildman–Crippen MR) is 75.1 cm³/mol. The number of ether oxygens (including phenoxy) is 2. The van der Waals surface area contributed by atoms with Crippen LogP contribution in [0.1, 0.15) is 17.7 Å². The molecule has 3 rings (SSSR count). The minimum atomic E-state index is 0.206. The summed E-state index contributed by atoms with van der Waals surface area (Å²) in [5, 5.41) is 0.646. The molecule has 2 aliphatic rings. The fourth-order valence-corrected chi connectivity index (χ4v) is 3.02. The Labute approximate surface area is 117 Å². The number of nitrogens with zero attached hydrogens (tertiary/aromatic N) is 2. The van der Waals surface area contributed by atoms with Crippen molar-refractivity contribution in [2.75, 3.05) is 38.6 Å². The lowest BCUT2D eigenvalue weighted by molar-refractivity contribution is -0.0721. The van der Waals surface area contributed by atoms with Gasteiger partial charge < -0.3 is 15.2 Å². The molecule has 1 aliphatic carbocycles. The summed E-state index contributed by atoms with van der Waals surface area (Å²) < 4.78 is 11.5. The summed E-state index contributed by atoms with van der Waals surface area (Å²) in [6.07, 6.45) is 4.75. The Morgan fingerprint density at radius 1 is 1.47 bits per heavy atom. The van der Waals surface area contributed by atoms with Gasteiger partial charge in [-0.3, -0.25) is 4.90 Å². The first-order chi connectivity index (χ1) is 9.29. The first kappa shape index (κ1) is 13.3. The monoisotopic (exact) mass is 283 g/mol. The standard InChI is InChI=1S/C13H21N3O2S/c14-13-15-5-12(19-13)7-16-3-4-18-11(6-16)9-17-8-10-1-2-10/h5,10-11H,1-4,6-9H2,(H2,14,15). The van der Waals surface area contributed by atoms with Crippen molar-refractivity contribution >= 4 is 16.5 Å². The molecule has 2 fully saturated rings. The largest absolute Gasteiger partial charge is 0.378 e. The van der Waals surface area contributed by atoms with Gasteiger partial charge in [-0.1, -0.05) is 0 Å². The lowest BCUT2D eigenvalue weighted by Gasteiger charge is -2.32. The third-order valence-electron chi connectivity index (χ3n) is 3.53. The Balaban J connectivity index is 1.41. The van der Waals surface area contributed by atoms with E-state index in [2.05, 4.69) is 9.88 Å². The van der Waals surface area contributed by atoms with Crippen molar-refractivity contribution < 1.29 is 9.47 Å². The van der Waals surface area contributed by atoms with E-state index in [0.29, 0.717) is 5.13 Å². The van der Waals surface area contributed by atoms with Gasteiger partial charge in [-0.2, -0.15) is 0 Å². The number of nitrogens with two attached hydrogens (primary N) is 1. The van der Waals surface area contributed by atoms with E-state index in [9.17, 15) is 0 Å². The van der Waals surface area contributed by atoms with Crippen LogP contribution in [0.3, 0.4) is 0 Å². The van der Waals surface area contributed by atoms with Crippen LogP contribution in [-0.2, 0) is 16.0 Å². The summed E-state index contributed by atoms with van der Waals surface area (Å²) in [6.45, 7) is 5.23. The maximum atomic E-state index is 5.75. The van der Waals surface area contributed by atoms with Crippen LogP contribution in [0.5, 0.6) is 0 Å². The van der Waals surface area contributed by atoms with Gasteiger partial charge in [0.1, 0.15) is 0 Å². The van der Waals surface area contributed by atoms with Crippen LogP contribution in [0.4, 0.5) is 5.13 Å².